The highest BCUT2D eigenvalue weighted by Gasteiger charge is 2.28. The second kappa shape index (κ2) is 11.3. The lowest BCUT2D eigenvalue weighted by molar-refractivity contribution is -0.128. The number of hydrogen-bond donors (Lipinski definition) is 2. The number of carbonyl (C=O) groups is 3. The van der Waals surface area contributed by atoms with E-state index in [4.69, 9.17) is 9.47 Å². The Kier molecular flexibility index (Phi) is 8.23. The molecule has 0 bridgehead atoms. The number of pyridine rings is 1. The van der Waals surface area contributed by atoms with Gasteiger partial charge in [-0.3, -0.25) is 19.4 Å². The molecule has 9 nitrogen and oxygen atoms in total. The van der Waals surface area contributed by atoms with E-state index in [0.717, 1.165) is 5.56 Å². The van der Waals surface area contributed by atoms with Crippen LogP contribution in [-0.2, 0) is 16.0 Å². The summed E-state index contributed by atoms with van der Waals surface area (Å²) in [4.78, 5) is 43.1. The molecule has 2 aromatic rings. The SMILES string of the molecule is COc1ccc(C[C@@H](NC(C)=O)C(=O)NC2CCN(C(=O)c3cccnc3)CC2)cc1OC. The lowest BCUT2D eigenvalue weighted by atomic mass is 10.0. The fourth-order valence-electron chi connectivity index (χ4n) is 3.90. The Balaban J connectivity index is 1.59. The van der Waals surface area contributed by atoms with Gasteiger partial charge in [0.2, 0.25) is 11.8 Å². The molecule has 33 heavy (non-hydrogen) atoms. The number of nitrogens with one attached hydrogen (secondary N) is 2. The molecule has 2 heterocycles. The van der Waals surface area contributed by atoms with Crippen molar-refractivity contribution in [1.82, 2.24) is 20.5 Å². The zero-order chi connectivity index (χ0) is 23.8. The van der Waals surface area contributed by atoms with Gasteiger partial charge in [0, 0.05) is 44.9 Å². The van der Waals surface area contributed by atoms with Gasteiger partial charge in [-0.15, -0.1) is 0 Å². The summed E-state index contributed by atoms with van der Waals surface area (Å²) in [6.45, 7) is 2.47. The number of benzene rings is 1. The molecule has 0 unspecified atom stereocenters. The quantitative estimate of drug-likeness (QED) is 0.627. The molecule has 1 aliphatic heterocycles. The van der Waals surface area contributed by atoms with Crippen molar-refractivity contribution >= 4 is 17.7 Å². The van der Waals surface area contributed by atoms with Gasteiger partial charge in [-0.1, -0.05) is 6.07 Å². The van der Waals surface area contributed by atoms with Crippen LogP contribution in [0.3, 0.4) is 0 Å². The van der Waals surface area contributed by atoms with Gasteiger partial charge < -0.3 is 25.0 Å². The fourth-order valence-corrected chi connectivity index (χ4v) is 3.90. The summed E-state index contributed by atoms with van der Waals surface area (Å²) < 4.78 is 10.6. The van der Waals surface area contributed by atoms with E-state index < -0.39 is 6.04 Å². The summed E-state index contributed by atoms with van der Waals surface area (Å²) in [7, 11) is 3.10. The first-order valence-electron chi connectivity index (χ1n) is 10.9. The molecule has 1 atom stereocenters. The molecule has 1 saturated heterocycles. The maximum Gasteiger partial charge on any atom is 0.255 e. The lowest BCUT2D eigenvalue weighted by Gasteiger charge is -2.33. The van der Waals surface area contributed by atoms with Crippen LogP contribution in [0.25, 0.3) is 0 Å². The molecule has 1 aromatic heterocycles. The van der Waals surface area contributed by atoms with E-state index in [1.54, 1.807) is 55.8 Å². The maximum atomic E-state index is 13.0. The molecule has 9 heteroatoms. The highest BCUT2D eigenvalue weighted by Crippen LogP contribution is 2.28. The Hall–Kier alpha value is -3.62. The van der Waals surface area contributed by atoms with Crippen LogP contribution in [0.4, 0.5) is 0 Å². The van der Waals surface area contributed by atoms with E-state index in [9.17, 15) is 14.4 Å². The topological polar surface area (TPSA) is 110 Å². The number of carbonyl (C=O) groups excluding carboxylic acids is 3. The van der Waals surface area contributed by atoms with Crippen molar-refractivity contribution in [2.45, 2.75) is 38.3 Å². The molecule has 0 saturated carbocycles. The molecular weight excluding hydrogens is 424 g/mol. The zero-order valence-electron chi connectivity index (χ0n) is 19.2. The van der Waals surface area contributed by atoms with Crippen LogP contribution in [0.2, 0.25) is 0 Å². The van der Waals surface area contributed by atoms with Gasteiger partial charge in [0.25, 0.3) is 5.91 Å². The molecule has 0 aliphatic carbocycles. The largest absolute Gasteiger partial charge is 0.493 e. The summed E-state index contributed by atoms with van der Waals surface area (Å²) >= 11 is 0. The molecule has 0 spiro atoms. The Labute approximate surface area is 193 Å². The molecule has 176 valence electrons. The summed E-state index contributed by atoms with van der Waals surface area (Å²) in [5, 5.41) is 5.77. The van der Waals surface area contributed by atoms with E-state index >= 15 is 0 Å². The minimum Gasteiger partial charge on any atom is -0.493 e. The molecule has 2 N–H and O–H groups in total. The average molecular weight is 455 g/mol. The Bertz CT molecular complexity index is 974. The van der Waals surface area contributed by atoms with E-state index in [1.165, 1.54) is 6.92 Å². The van der Waals surface area contributed by atoms with Crippen LogP contribution in [0.15, 0.2) is 42.7 Å². The van der Waals surface area contributed by atoms with E-state index in [2.05, 4.69) is 15.6 Å². The van der Waals surface area contributed by atoms with Crippen LogP contribution in [0.1, 0.15) is 35.7 Å². The minimum absolute atomic E-state index is 0.0579. The lowest BCUT2D eigenvalue weighted by Crippen LogP contribution is -2.53. The summed E-state index contributed by atoms with van der Waals surface area (Å²) in [6, 6.07) is 8.09. The number of hydrogen-bond acceptors (Lipinski definition) is 6. The molecular formula is C24H30N4O5. The zero-order valence-corrected chi connectivity index (χ0v) is 19.2. The number of ether oxygens (including phenoxy) is 2. The first-order chi connectivity index (χ1) is 15.9. The fraction of sp³-hybridized carbons (Fsp3) is 0.417. The standard InChI is InChI=1S/C24H30N4O5/c1-16(29)26-20(13-17-6-7-21(32-2)22(14-17)33-3)23(30)27-19-8-11-28(12-9-19)24(31)18-5-4-10-25-15-18/h4-7,10,14-15,19-20H,8-9,11-13H2,1-3H3,(H,26,29)(H,27,30)/t20-/m1/s1. The van der Waals surface area contributed by atoms with Crippen molar-refractivity contribution in [1.29, 1.82) is 0 Å². The van der Waals surface area contributed by atoms with Crippen molar-refractivity contribution in [3.8, 4) is 11.5 Å². The summed E-state index contributed by atoms with van der Waals surface area (Å²) in [6.07, 6.45) is 4.78. The predicted molar refractivity (Wildman–Crippen MR) is 122 cm³/mol. The smallest absolute Gasteiger partial charge is 0.255 e. The molecule has 0 radical (unpaired) electrons. The van der Waals surface area contributed by atoms with Crippen LogP contribution in [0.5, 0.6) is 11.5 Å². The molecule has 3 rings (SSSR count). The van der Waals surface area contributed by atoms with E-state index in [1.807, 2.05) is 6.07 Å². The molecule has 1 aromatic carbocycles. The van der Waals surface area contributed by atoms with Crippen molar-refractivity contribution in [3.63, 3.8) is 0 Å². The van der Waals surface area contributed by atoms with Crippen LogP contribution < -0.4 is 20.1 Å². The number of rotatable bonds is 8. The Morgan fingerprint density at radius 3 is 2.45 bits per heavy atom. The Morgan fingerprint density at radius 1 is 1.12 bits per heavy atom. The highest BCUT2D eigenvalue weighted by atomic mass is 16.5. The van der Waals surface area contributed by atoms with Gasteiger partial charge in [-0.25, -0.2) is 0 Å². The normalized spacial score (nSPS) is 14.8. The number of piperidine rings is 1. The molecule has 3 amide bonds. The summed E-state index contributed by atoms with van der Waals surface area (Å²) in [5.74, 6) is 0.555. The number of amides is 3. The third-order valence-corrected chi connectivity index (χ3v) is 5.62. The van der Waals surface area contributed by atoms with Crippen molar-refractivity contribution in [2.24, 2.45) is 0 Å². The van der Waals surface area contributed by atoms with Gasteiger partial charge in [0.1, 0.15) is 6.04 Å². The monoisotopic (exact) mass is 454 g/mol. The van der Waals surface area contributed by atoms with Gasteiger partial charge in [-0.2, -0.15) is 0 Å². The number of methoxy groups -OCH3 is 2. The van der Waals surface area contributed by atoms with Gasteiger partial charge >= 0.3 is 0 Å². The van der Waals surface area contributed by atoms with Crippen molar-refractivity contribution in [2.75, 3.05) is 27.3 Å². The van der Waals surface area contributed by atoms with Crippen LogP contribution >= 0.6 is 0 Å². The molecule has 1 aliphatic rings. The third kappa shape index (κ3) is 6.44. The summed E-state index contributed by atoms with van der Waals surface area (Å²) in [5.41, 5.74) is 1.39. The number of likely N-dealkylation sites (tertiary alicyclic amines) is 1. The van der Waals surface area contributed by atoms with Crippen LogP contribution in [-0.4, -0.2) is 67.0 Å². The number of nitrogens with zero attached hydrogens (tertiary/aromatic N) is 2. The van der Waals surface area contributed by atoms with Gasteiger partial charge in [-0.05, 0) is 42.7 Å². The predicted octanol–water partition coefficient (Wildman–Crippen LogP) is 1.57. The van der Waals surface area contributed by atoms with E-state index in [0.29, 0.717) is 49.4 Å². The van der Waals surface area contributed by atoms with Gasteiger partial charge in [0.15, 0.2) is 11.5 Å². The Morgan fingerprint density at radius 2 is 1.85 bits per heavy atom. The maximum absolute atomic E-state index is 13.0. The average Bonchev–Trinajstić information content (AvgIpc) is 2.83. The van der Waals surface area contributed by atoms with Crippen molar-refractivity contribution < 1.29 is 23.9 Å². The highest BCUT2D eigenvalue weighted by molar-refractivity contribution is 5.94. The first kappa shape index (κ1) is 24.0. The number of aromatic nitrogens is 1. The van der Waals surface area contributed by atoms with E-state index in [-0.39, 0.29) is 23.8 Å². The van der Waals surface area contributed by atoms with Crippen molar-refractivity contribution in [3.05, 3.63) is 53.9 Å². The third-order valence-electron chi connectivity index (χ3n) is 5.62. The van der Waals surface area contributed by atoms with Crippen LogP contribution in [0, 0.1) is 0 Å². The van der Waals surface area contributed by atoms with Gasteiger partial charge in [0.05, 0.1) is 19.8 Å². The second-order valence-electron chi connectivity index (χ2n) is 7.96. The second-order valence-corrected chi connectivity index (χ2v) is 7.96. The molecule has 1 fully saturated rings. The first-order valence-corrected chi connectivity index (χ1v) is 10.9. The minimum atomic E-state index is -0.726.